The highest BCUT2D eigenvalue weighted by molar-refractivity contribution is 9.10. The van der Waals surface area contributed by atoms with E-state index < -0.39 is 14.4 Å². The van der Waals surface area contributed by atoms with Crippen LogP contribution in [0.3, 0.4) is 0 Å². The van der Waals surface area contributed by atoms with Crippen molar-refractivity contribution < 1.29 is 14.0 Å². The molecule has 2 atom stereocenters. The number of amides is 1. The fraction of sp³-hybridized carbons (Fsp3) is 0.382. The summed E-state index contributed by atoms with van der Waals surface area (Å²) in [4.78, 5) is 17.3. The first-order valence-corrected chi connectivity index (χ1v) is 19.6. The molecule has 2 heterocycles. The van der Waals surface area contributed by atoms with E-state index >= 15 is 0 Å². The number of aromatic nitrogens is 2. The summed E-state index contributed by atoms with van der Waals surface area (Å²) < 4.78 is 14.6. The number of nitrogens with zero attached hydrogens (tertiary/aromatic N) is 3. The number of rotatable bonds is 9. The maximum atomic E-state index is 12.6. The Hall–Kier alpha value is -3.54. The SMILES string of the molecule is CC(C)(C)[Si](C)(C)Oc1ccc(N=C(N)c2cnn3cc(Br)cc3c2N[C@H]2CCC[C@H](NC(=O)OCc3ccccc3)C2)c(Cl)c1. The molecular formula is C34H42BrClN6O3Si. The Balaban J connectivity index is 1.33. The van der Waals surface area contributed by atoms with Crippen molar-refractivity contribution in [2.24, 2.45) is 10.7 Å². The van der Waals surface area contributed by atoms with Crippen LogP contribution in [-0.4, -0.2) is 41.9 Å². The van der Waals surface area contributed by atoms with Crippen LogP contribution in [0.4, 0.5) is 16.2 Å². The van der Waals surface area contributed by atoms with Gasteiger partial charge in [0.25, 0.3) is 0 Å². The number of hydrogen-bond donors (Lipinski definition) is 3. The van der Waals surface area contributed by atoms with Gasteiger partial charge >= 0.3 is 6.09 Å². The van der Waals surface area contributed by atoms with Crippen LogP contribution in [0.2, 0.25) is 23.2 Å². The highest BCUT2D eigenvalue weighted by Crippen LogP contribution is 2.39. The zero-order chi connectivity index (χ0) is 33.1. The van der Waals surface area contributed by atoms with Crippen LogP contribution in [0.5, 0.6) is 5.75 Å². The zero-order valence-corrected chi connectivity index (χ0v) is 30.3. The number of halogens is 2. The number of anilines is 1. The van der Waals surface area contributed by atoms with Crippen LogP contribution in [0.15, 0.2) is 76.5 Å². The van der Waals surface area contributed by atoms with Crippen LogP contribution in [0.1, 0.15) is 57.6 Å². The van der Waals surface area contributed by atoms with Gasteiger partial charge in [0.1, 0.15) is 18.2 Å². The van der Waals surface area contributed by atoms with Gasteiger partial charge in [0.05, 0.1) is 33.7 Å². The number of benzene rings is 2. The predicted octanol–water partition coefficient (Wildman–Crippen LogP) is 8.82. The lowest BCUT2D eigenvalue weighted by molar-refractivity contribution is 0.132. The zero-order valence-electron chi connectivity index (χ0n) is 26.9. The molecule has 9 nitrogen and oxygen atoms in total. The minimum Gasteiger partial charge on any atom is -0.543 e. The van der Waals surface area contributed by atoms with Gasteiger partial charge in [0.2, 0.25) is 8.32 Å². The Morgan fingerprint density at radius 2 is 1.89 bits per heavy atom. The number of nitrogens with one attached hydrogen (secondary N) is 2. The third-order valence-electron chi connectivity index (χ3n) is 8.78. The Kier molecular flexibility index (Phi) is 10.3. The monoisotopic (exact) mass is 724 g/mol. The normalized spacial score (nSPS) is 17.5. The van der Waals surface area contributed by atoms with Crippen molar-refractivity contribution >= 4 is 64.7 Å². The third kappa shape index (κ3) is 8.23. The molecule has 0 radical (unpaired) electrons. The lowest BCUT2D eigenvalue weighted by Crippen LogP contribution is -2.43. The van der Waals surface area contributed by atoms with E-state index in [1.165, 1.54) is 0 Å². The van der Waals surface area contributed by atoms with Gasteiger partial charge in [-0.25, -0.2) is 14.3 Å². The van der Waals surface area contributed by atoms with Crippen LogP contribution < -0.4 is 20.8 Å². The molecule has 0 saturated heterocycles. The molecule has 1 saturated carbocycles. The van der Waals surface area contributed by atoms with Crippen LogP contribution in [-0.2, 0) is 11.3 Å². The number of carbonyl (C=O) groups excluding carboxylic acids is 1. The second kappa shape index (κ2) is 14.1. The predicted molar refractivity (Wildman–Crippen MR) is 192 cm³/mol. The number of alkyl carbamates (subject to hydrolysis) is 1. The van der Waals surface area contributed by atoms with Crippen LogP contribution in [0.25, 0.3) is 5.52 Å². The first-order chi connectivity index (χ1) is 21.8. The molecule has 12 heteroatoms. The molecule has 244 valence electrons. The molecule has 1 aliphatic carbocycles. The molecule has 1 amide bonds. The second-order valence-corrected chi connectivity index (χ2v) is 19.4. The topological polar surface area (TPSA) is 115 Å². The molecule has 1 fully saturated rings. The molecule has 0 aliphatic heterocycles. The number of amidine groups is 1. The van der Waals surface area contributed by atoms with E-state index in [4.69, 9.17) is 31.5 Å². The van der Waals surface area contributed by atoms with E-state index in [0.717, 1.165) is 52.7 Å². The highest BCUT2D eigenvalue weighted by Gasteiger charge is 2.39. The van der Waals surface area contributed by atoms with E-state index in [2.05, 4.69) is 65.5 Å². The summed E-state index contributed by atoms with van der Waals surface area (Å²) in [5.74, 6) is 1.01. The summed E-state index contributed by atoms with van der Waals surface area (Å²) in [6.07, 6.45) is 6.69. The fourth-order valence-corrected chi connectivity index (χ4v) is 6.88. The van der Waals surface area contributed by atoms with Gasteiger partial charge in [-0.3, -0.25) is 0 Å². The van der Waals surface area contributed by atoms with Gasteiger partial charge in [0.15, 0.2) is 0 Å². The van der Waals surface area contributed by atoms with Crippen molar-refractivity contribution in [3.63, 3.8) is 0 Å². The number of carbonyl (C=O) groups is 1. The minimum atomic E-state index is -2.03. The van der Waals surface area contributed by atoms with Gasteiger partial charge in [-0.15, -0.1) is 0 Å². The van der Waals surface area contributed by atoms with Gasteiger partial charge < -0.3 is 25.5 Å². The summed E-state index contributed by atoms with van der Waals surface area (Å²) >= 11 is 10.3. The maximum absolute atomic E-state index is 12.6. The van der Waals surface area contributed by atoms with Crippen LogP contribution in [0, 0.1) is 0 Å². The molecule has 2 aromatic heterocycles. The van der Waals surface area contributed by atoms with Gasteiger partial charge in [-0.1, -0.05) is 62.7 Å². The van der Waals surface area contributed by atoms with Gasteiger partial charge in [0, 0.05) is 22.8 Å². The molecule has 0 spiro atoms. The number of nitrogens with two attached hydrogens (primary N) is 1. The minimum absolute atomic E-state index is 0.0220. The maximum Gasteiger partial charge on any atom is 0.407 e. The largest absolute Gasteiger partial charge is 0.543 e. The van der Waals surface area contributed by atoms with E-state index in [0.29, 0.717) is 16.3 Å². The fourth-order valence-electron chi connectivity index (χ4n) is 5.24. The van der Waals surface area contributed by atoms with Crippen molar-refractivity contribution in [2.75, 3.05) is 5.32 Å². The smallest absolute Gasteiger partial charge is 0.407 e. The Morgan fingerprint density at radius 3 is 2.61 bits per heavy atom. The lowest BCUT2D eigenvalue weighted by atomic mass is 9.90. The average Bonchev–Trinajstić information content (AvgIpc) is 3.38. The van der Waals surface area contributed by atoms with Crippen molar-refractivity contribution in [3.8, 4) is 5.75 Å². The van der Waals surface area contributed by atoms with E-state index in [1.54, 1.807) is 16.8 Å². The summed E-state index contributed by atoms with van der Waals surface area (Å²) in [6, 6.07) is 17.2. The Labute approximate surface area is 285 Å². The Morgan fingerprint density at radius 1 is 1.15 bits per heavy atom. The van der Waals surface area contributed by atoms with Crippen molar-refractivity contribution in [2.45, 2.75) is 83.3 Å². The van der Waals surface area contributed by atoms with E-state index in [-0.39, 0.29) is 29.6 Å². The molecule has 0 unspecified atom stereocenters. The average molecular weight is 726 g/mol. The number of fused-ring (bicyclic) bond motifs is 1. The van der Waals surface area contributed by atoms with Crippen molar-refractivity contribution in [3.05, 3.63) is 87.6 Å². The summed E-state index contributed by atoms with van der Waals surface area (Å²) in [7, 11) is -2.03. The standard InChI is InChI=1S/C34H42BrClN6O3Si/c1-34(2,3)46(4,5)45-26-14-15-29(28(36)18-26)41-32(37)27-19-38-42-20-23(35)16-30(42)31(27)39-24-12-9-13-25(17-24)40-33(43)44-21-22-10-7-6-8-11-22/h6-8,10-11,14-16,18-20,24-25,39H,9,12-13,17,21H2,1-5H3,(H2,37,41)(H,40,43)/t24-,25-/m0/s1. The molecule has 1 aliphatic rings. The first kappa shape index (κ1) is 33.8. The highest BCUT2D eigenvalue weighted by atomic mass is 79.9. The number of hydrogen-bond acceptors (Lipinski definition) is 6. The lowest BCUT2D eigenvalue weighted by Gasteiger charge is -2.36. The third-order valence-corrected chi connectivity index (χ3v) is 13.9. The molecular weight excluding hydrogens is 684 g/mol. The Bertz CT molecular complexity index is 1720. The van der Waals surface area contributed by atoms with Crippen molar-refractivity contribution in [1.82, 2.24) is 14.9 Å². The van der Waals surface area contributed by atoms with E-state index in [1.807, 2.05) is 54.7 Å². The van der Waals surface area contributed by atoms with Crippen LogP contribution >= 0.6 is 27.5 Å². The number of aliphatic imine (C=N–C) groups is 1. The summed E-state index contributed by atoms with van der Waals surface area (Å²) in [6.45, 7) is 11.2. The second-order valence-electron chi connectivity index (χ2n) is 13.3. The number of ether oxygens (including phenoxy) is 1. The van der Waals surface area contributed by atoms with Gasteiger partial charge in [-0.05, 0) is 89.6 Å². The van der Waals surface area contributed by atoms with Gasteiger partial charge in [-0.2, -0.15) is 5.10 Å². The quantitative estimate of drug-likeness (QED) is 0.0903. The molecule has 5 rings (SSSR count). The molecule has 0 bridgehead atoms. The van der Waals surface area contributed by atoms with Crippen molar-refractivity contribution in [1.29, 1.82) is 0 Å². The molecule has 46 heavy (non-hydrogen) atoms. The molecule has 4 N–H and O–H groups in total. The first-order valence-electron chi connectivity index (χ1n) is 15.5. The molecule has 4 aromatic rings. The molecule has 2 aromatic carbocycles. The summed E-state index contributed by atoms with van der Waals surface area (Å²) in [5, 5.41) is 11.9. The van der Waals surface area contributed by atoms with E-state index in [9.17, 15) is 4.79 Å². The summed E-state index contributed by atoms with van der Waals surface area (Å²) in [5.41, 5.74) is 10.5.